The first kappa shape index (κ1) is 26.2. The van der Waals surface area contributed by atoms with Crippen LogP contribution in [0.1, 0.15) is 62.0 Å². The molecular weight excluding hydrogens is 470 g/mol. The minimum atomic E-state index is -0.258. The second-order valence-electron chi connectivity index (χ2n) is 9.50. The van der Waals surface area contributed by atoms with E-state index in [1.165, 1.54) is 16.7 Å². The van der Waals surface area contributed by atoms with Gasteiger partial charge in [-0.1, -0.05) is 61.4 Å². The van der Waals surface area contributed by atoms with Gasteiger partial charge in [0, 0.05) is 36.7 Å². The molecule has 0 radical (unpaired) electrons. The Kier molecular flexibility index (Phi) is 8.01. The standard InChI is InChI=1S/C28H30ClN3O2.C2H6/c1-19(2)14-22(30-3)16-32-17-24(23-9-8-21(29)15-26(23)32)27(33)31-12-10-28(11-13-31)25-7-5-4-6-20(25)18-34-28;1-2/h4-9,14-15,17H,10-13,16,18H2,1-3H3;1-2H3. The molecule has 3 heterocycles. The summed E-state index contributed by atoms with van der Waals surface area (Å²) < 4.78 is 8.37. The van der Waals surface area contributed by atoms with Crippen molar-refractivity contribution in [2.75, 3.05) is 20.1 Å². The molecule has 0 bridgehead atoms. The van der Waals surface area contributed by atoms with E-state index in [-0.39, 0.29) is 11.5 Å². The maximum atomic E-state index is 13.7. The Labute approximate surface area is 219 Å². The number of aromatic nitrogens is 1. The molecule has 6 heteroatoms. The highest BCUT2D eigenvalue weighted by molar-refractivity contribution is 6.31. The van der Waals surface area contributed by atoms with Crippen molar-refractivity contribution in [1.29, 1.82) is 0 Å². The van der Waals surface area contributed by atoms with Crippen molar-refractivity contribution in [3.05, 3.63) is 82.0 Å². The van der Waals surface area contributed by atoms with E-state index in [0.29, 0.717) is 36.8 Å². The fraction of sp³-hybridized carbons (Fsp3) is 0.400. The topological polar surface area (TPSA) is 46.8 Å². The summed E-state index contributed by atoms with van der Waals surface area (Å²) in [5.74, 6) is 0.0596. The number of likely N-dealkylation sites (tertiary alicyclic amines) is 1. The second kappa shape index (κ2) is 11.0. The molecule has 0 saturated carbocycles. The third kappa shape index (κ3) is 5.00. The minimum absolute atomic E-state index is 0.0596. The van der Waals surface area contributed by atoms with Gasteiger partial charge in [0.15, 0.2) is 0 Å². The van der Waals surface area contributed by atoms with E-state index in [9.17, 15) is 4.79 Å². The van der Waals surface area contributed by atoms with Gasteiger partial charge in [-0.25, -0.2) is 0 Å². The number of fused-ring (bicyclic) bond motifs is 3. The Hall–Kier alpha value is -2.89. The van der Waals surface area contributed by atoms with E-state index >= 15 is 0 Å². The first-order valence-electron chi connectivity index (χ1n) is 12.8. The van der Waals surface area contributed by atoms with E-state index in [2.05, 4.69) is 53.7 Å². The number of halogens is 1. The van der Waals surface area contributed by atoms with Gasteiger partial charge >= 0.3 is 0 Å². The summed E-state index contributed by atoms with van der Waals surface area (Å²) in [7, 11) is 1.80. The largest absolute Gasteiger partial charge is 0.365 e. The van der Waals surface area contributed by atoms with Crippen LogP contribution in [0.15, 0.2) is 65.3 Å². The fourth-order valence-electron chi connectivity index (χ4n) is 5.29. The van der Waals surface area contributed by atoms with Crippen molar-refractivity contribution in [3.63, 3.8) is 0 Å². The second-order valence-corrected chi connectivity index (χ2v) is 9.94. The maximum absolute atomic E-state index is 13.7. The van der Waals surface area contributed by atoms with E-state index < -0.39 is 0 Å². The predicted molar refractivity (Wildman–Crippen MR) is 149 cm³/mol. The molecule has 190 valence electrons. The molecule has 36 heavy (non-hydrogen) atoms. The van der Waals surface area contributed by atoms with E-state index in [1.807, 2.05) is 43.1 Å². The normalized spacial score (nSPS) is 16.5. The van der Waals surface area contributed by atoms with Crippen LogP contribution in [0.3, 0.4) is 0 Å². The van der Waals surface area contributed by atoms with Gasteiger partial charge in [0.05, 0.1) is 35.5 Å². The maximum Gasteiger partial charge on any atom is 0.256 e. The van der Waals surface area contributed by atoms with Crippen LogP contribution in [0.4, 0.5) is 0 Å². The molecule has 0 aliphatic carbocycles. The number of nitrogens with zero attached hydrogens (tertiary/aromatic N) is 3. The van der Waals surface area contributed by atoms with Crippen molar-refractivity contribution in [2.45, 2.75) is 59.3 Å². The molecule has 2 aliphatic heterocycles. The van der Waals surface area contributed by atoms with Gasteiger partial charge in [-0.15, -0.1) is 0 Å². The van der Waals surface area contributed by atoms with Gasteiger partial charge < -0.3 is 14.2 Å². The van der Waals surface area contributed by atoms with Crippen molar-refractivity contribution >= 4 is 34.1 Å². The molecule has 0 N–H and O–H groups in total. The Bertz CT molecular complexity index is 1310. The van der Waals surface area contributed by atoms with Crippen LogP contribution in [-0.2, 0) is 23.5 Å². The lowest BCUT2D eigenvalue weighted by atomic mass is 9.83. The van der Waals surface area contributed by atoms with Gasteiger partial charge in [0.1, 0.15) is 0 Å². The van der Waals surface area contributed by atoms with E-state index in [0.717, 1.165) is 29.5 Å². The molecule has 0 unspecified atom stereocenters. The third-order valence-corrected chi connectivity index (χ3v) is 7.26. The summed E-state index contributed by atoms with van der Waals surface area (Å²) >= 11 is 6.33. The van der Waals surface area contributed by atoms with Gasteiger partial charge in [-0.05, 0) is 56.0 Å². The summed E-state index contributed by atoms with van der Waals surface area (Å²) in [4.78, 5) is 20.1. The Balaban J connectivity index is 0.00000148. The number of hydrogen-bond donors (Lipinski definition) is 0. The molecule has 2 aromatic carbocycles. The van der Waals surface area contributed by atoms with Crippen LogP contribution in [0.2, 0.25) is 5.02 Å². The zero-order valence-electron chi connectivity index (χ0n) is 22.0. The van der Waals surface area contributed by atoms with Gasteiger partial charge in [-0.2, -0.15) is 0 Å². The summed E-state index contributed by atoms with van der Waals surface area (Å²) in [6.45, 7) is 10.7. The lowest BCUT2D eigenvalue weighted by Gasteiger charge is -2.39. The monoisotopic (exact) mass is 505 g/mol. The molecule has 5 nitrogen and oxygen atoms in total. The summed E-state index contributed by atoms with van der Waals surface area (Å²) in [5.41, 5.74) is 6.10. The molecule has 1 saturated heterocycles. The molecule has 1 fully saturated rings. The number of rotatable bonds is 4. The van der Waals surface area contributed by atoms with Crippen LogP contribution in [0.25, 0.3) is 10.9 Å². The fourth-order valence-corrected chi connectivity index (χ4v) is 5.46. The van der Waals surface area contributed by atoms with Crippen molar-refractivity contribution in [3.8, 4) is 0 Å². The number of hydrogen-bond acceptors (Lipinski definition) is 3. The number of ether oxygens (including phenoxy) is 1. The number of aliphatic imine (C=N–C) groups is 1. The SMILES string of the molecule is CC.CN=C(C=C(C)C)Cn1cc(C(=O)N2CCC3(CC2)OCc2ccccc23)c2ccc(Cl)cc21. The average molecular weight is 506 g/mol. The Morgan fingerprint density at radius 3 is 2.56 bits per heavy atom. The molecular formula is C30H36ClN3O2. The summed E-state index contributed by atoms with van der Waals surface area (Å²) in [6.07, 6.45) is 5.65. The molecule has 1 aromatic heterocycles. The highest BCUT2D eigenvalue weighted by Crippen LogP contribution is 2.44. The lowest BCUT2D eigenvalue weighted by Crippen LogP contribution is -2.45. The van der Waals surface area contributed by atoms with E-state index in [4.69, 9.17) is 16.3 Å². The quantitative estimate of drug-likeness (QED) is 0.358. The molecule has 2 aliphatic rings. The molecule has 5 rings (SSSR count). The van der Waals surface area contributed by atoms with Crippen molar-refractivity contribution < 1.29 is 9.53 Å². The summed E-state index contributed by atoms with van der Waals surface area (Å²) in [6, 6.07) is 14.2. The number of allylic oxidation sites excluding steroid dienone is 2. The van der Waals surface area contributed by atoms with Gasteiger partial charge in [0.2, 0.25) is 0 Å². The number of benzene rings is 2. The number of carbonyl (C=O) groups is 1. The highest BCUT2D eigenvalue weighted by atomic mass is 35.5. The number of carbonyl (C=O) groups excluding carboxylic acids is 1. The molecule has 1 spiro atoms. The zero-order valence-corrected chi connectivity index (χ0v) is 22.7. The van der Waals surface area contributed by atoms with Crippen molar-refractivity contribution in [2.24, 2.45) is 4.99 Å². The summed E-state index contributed by atoms with van der Waals surface area (Å²) in [5, 5.41) is 1.57. The van der Waals surface area contributed by atoms with Crippen LogP contribution in [0.5, 0.6) is 0 Å². The van der Waals surface area contributed by atoms with Crippen molar-refractivity contribution in [1.82, 2.24) is 9.47 Å². The van der Waals surface area contributed by atoms with Gasteiger partial charge in [-0.3, -0.25) is 9.79 Å². The predicted octanol–water partition coefficient (Wildman–Crippen LogP) is 7.02. The highest BCUT2D eigenvalue weighted by Gasteiger charge is 2.43. The molecule has 3 aromatic rings. The molecule has 1 amide bonds. The first-order valence-corrected chi connectivity index (χ1v) is 13.2. The average Bonchev–Trinajstić information content (AvgIpc) is 3.43. The zero-order chi connectivity index (χ0) is 25.9. The molecule has 0 atom stereocenters. The van der Waals surface area contributed by atoms with Crippen LogP contribution in [0, 0.1) is 0 Å². The van der Waals surface area contributed by atoms with Gasteiger partial charge in [0.25, 0.3) is 5.91 Å². The Morgan fingerprint density at radius 2 is 1.86 bits per heavy atom. The van der Waals surface area contributed by atoms with E-state index in [1.54, 1.807) is 7.05 Å². The third-order valence-electron chi connectivity index (χ3n) is 7.02. The minimum Gasteiger partial charge on any atom is -0.365 e. The van der Waals surface area contributed by atoms with Crippen LogP contribution >= 0.6 is 11.6 Å². The Morgan fingerprint density at radius 1 is 1.14 bits per heavy atom. The lowest BCUT2D eigenvalue weighted by molar-refractivity contribution is -0.0741. The smallest absolute Gasteiger partial charge is 0.256 e. The van der Waals surface area contributed by atoms with Crippen LogP contribution in [-0.4, -0.2) is 41.2 Å². The number of amides is 1. The number of piperidine rings is 1. The first-order chi connectivity index (χ1) is 17.4. The van der Waals surface area contributed by atoms with Crippen LogP contribution < -0.4 is 0 Å².